The molecule has 1 aromatic rings. The van der Waals surface area contributed by atoms with Gasteiger partial charge in [0.25, 0.3) is 0 Å². The van der Waals surface area contributed by atoms with E-state index in [2.05, 4.69) is 5.32 Å². The lowest BCUT2D eigenvalue weighted by molar-refractivity contribution is 0.196. The minimum Gasteiger partial charge on any atom is -0.493 e. The van der Waals surface area contributed by atoms with Crippen molar-refractivity contribution in [2.45, 2.75) is 18.9 Å². The fourth-order valence-electron chi connectivity index (χ4n) is 2.21. The van der Waals surface area contributed by atoms with Crippen molar-refractivity contribution in [3.05, 3.63) is 18.2 Å². The zero-order chi connectivity index (χ0) is 14.4. The van der Waals surface area contributed by atoms with E-state index in [4.69, 9.17) is 14.6 Å². The Kier molecular flexibility index (Phi) is 5.67. The molecule has 0 aliphatic carbocycles. The van der Waals surface area contributed by atoms with Crippen molar-refractivity contribution in [1.82, 2.24) is 0 Å². The van der Waals surface area contributed by atoms with Crippen molar-refractivity contribution in [3.63, 3.8) is 0 Å². The van der Waals surface area contributed by atoms with Crippen molar-refractivity contribution in [1.29, 1.82) is 0 Å². The third-order valence-electron chi connectivity index (χ3n) is 3.27. The summed E-state index contributed by atoms with van der Waals surface area (Å²) in [5, 5.41) is 12.3. The van der Waals surface area contributed by atoms with Crippen LogP contribution in [0.2, 0.25) is 0 Å². The number of aliphatic hydroxyl groups excluding tert-OH is 1. The molecule has 20 heavy (non-hydrogen) atoms. The summed E-state index contributed by atoms with van der Waals surface area (Å²) in [5.41, 5.74) is 0.955. The standard InChI is InChI=1S/C14H21NO4S/c1-18-13-3-2-12(10-14(13)19-7-6-16)15-11-4-8-20(17)9-5-11/h2-3,10-11,15-16H,4-9H2,1H3. The fourth-order valence-corrected chi connectivity index (χ4v) is 3.51. The van der Waals surface area contributed by atoms with Crippen molar-refractivity contribution in [2.24, 2.45) is 0 Å². The second-order valence-electron chi connectivity index (χ2n) is 4.70. The van der Waals surface area contributed by atoms with E-state index < -0.39 is 10.8 Å². The van der Waals surface area contributed by atoms with Gasteiger partial charge in [0.1, 0.15) is 6.61 Å². The van der Waals surface area contributed by atoms with Gasteiger partial charge in [-0.2, -0.15) is 0 Å². The number of hydrogen-bond acceptors (Lipinski definition) is 5. The Hall–Kier alpha value is -1.27. The molecule has 0 saturated carbocycles. The van der Waals surface area contributed by atoms with E-state index in [1.807, 2.05) is 18.2 Å². The number of nitrogens with one attached hydrogen (secondary N) is 1. The van der Waals surface area contributed by atoms with Gasteiger partial charge >= 0.3 is 0 Å². The van der Waals surface area contributed by atoms with Crippen molar-refractivity contribution >= 4 is 16.5 Å². The Labute approximate surface area is 121 Å². The van der Waals surface area contributed by atoms with Crippen LogP contribution >= 0.6 is 0 Å². The van der Waals surface area contributed by atoms with Gasteiger partial charge in [0.05, 0.1) is 13.7 Å². The molecule has 0 bridgehead atoms. The van der Waals surface area contributed by atoms with E-state index in [1.54, 1.807) is 7.11 Å². The van der Waals surface area contributed by atoms with Crippen LogP contribution in [0.5, 0.6) is 11.5 Å². The Bertz CT molecular complexity index is 456. The summed E-state index contributed by atoms with van der Waals surface area (Å²) in [5.74, 6) is 2.79. The van der Waals surface area contributed by atoms with Gasteiger partial charge < -0.3 is 19.9 Å². The monoisotopic (exact) mass is 299 g/mol. The minimum atomic E-state index is -0.645. The number of aliphatic hydroxyl groups is 1. The molecule has 0 amide bonds. The summed E-state index contributed by atoms with van der Waals surface area (Å²) in [6.07, 6.45) is 1.84. The highest BCUT2D eigenvalue weighted by atomic mass is 32.2. The maximum absolute atomic E-state index is 11.3. The maximum atomic E-state index is 11.3. The first-order chi connectivity index (χ1) is 9.72. The first-order valence-electron chi connectivity index (χ1n) is 6.76. The summed E-state index contributed by atoms with van der Waals surface area (Å²) in [6.45, 7) is 0.206. The number of hydrogen-bond donors (Lipinski definition) is 2. The van der Waals surface area contributed by atoms with Crippen LogP contribution in [0.15, 0.2) is 18.2 Å². The molecule has 1 heterocycles. The Morgan fingerprint density at radius 3 is 2.75 bits per heavy atom. The van der Waals surface area contributed by atoms with Gasteiger partial charge in [-0.25, -0.2) is 0 Å². The third-order valence-corrected chi connectivity index (χ3v) is 4.65. The molecule has 0 spiro atoms. The summed E-state index contributed by atoms with van der Waals surface area (Å²) in [6, 6.07) is 6.01. The van der Waals surface area contributed by atoms with E-state index in [0.29, 0.717) is 17.5 Å². The van der Waals surface area contributed by atoms with Gasteiger partial charge in [-0.15, -0.1) is 0 Å². The van der Waals surface area contributed by atoms with Crippen molar-refractivity contribution in [2.75, 3.05) is 37.1 Å². The predicted octanol–water partition coefficient (Wildman–Crippen LogP) is 1.39. The number of benzene rings is 1. The Morgan fingerprint density at radius 1 is 1.35 bits per heavy atom. The molecular formula is C14H21NO4S. The molecule has 5 nitrogen and oxygen atoms in total. The van der Waals surface area contributed by atoms with Crippen molar-refractivity contribution in [3.8, 4) is 11.5 Å². The van der Waals surface area contributed by atoms with Gasteiger partial charge in [-0.3, -0.25) is 4.21 Å². The summed E-state index contributed by atoms with van der Waals surface area (Å²) in [7, 11) is 0.943. The Balaban J connectivity index is 2.02. The van der Waals surface area contributed by atoms with Gasteiger partial charge in [0.15, 0.2) is 11.5 Å². The average molecular weight is 299 g/mol. The quantitative estimate of drug-likeness (QED) is 0.831. The summed E-state index contributed by atoms with van der Waals surface area (Å²) in [4.78, 5) is 0. The summed E-state index contributed by atoms with van der Waals surface area (Å²) >= 11 is 0. The largest absolute Gasteiger partial charge is 0.493 e. The molecule has 1 aromatic carbocycles. The molecule has 0 atom stereocenters. The second kappa shape index (κ2) is 7.50. The lowest BCUT2D eigenvalue weighted by atomic mass is 10.1. The van der Waals surface area contributed by atoms with Gasteiger partial charge in [0.2, 0.25) is 0 Å². The van der Waals surface area contributed by atoms with Gasteiger partial charge in [-0.05, 0) is 25.0 Å². The molecule has 1 aliphatic heterocycles. The van der Waals surface area contributed by atoms with Crippen LogP contribution in [0, 0.1) is 0 Å². The highest BCUT2D eigenvalue weighted by Crippen LogP contribution is 2.31. The van der Waals surface area contributed by atoms with Gasteiger partial charge in [-0.1, -0.05) is 0 Å². The van der Waals surface area contributed by atoms with Crippen LogP contribution in [0.4, 0.5) is 5.69 Å². The number of methoxy groups -OCH3 is 1. The molecule has 2 rings (SSSR count). The molecule has 6 heteroatoms. The smallest absolute Gasteiger partial charge is 0.163 e. The molecule has 1 fully saturated rings. The second-order valence-corrected chi connectivity index (χ2v) is 6.40. The van der Waals surface area contributed by atoms with Crippen LogP contribution in [-0.2, 0) is 10.8 Å². The molecule has 0 radical (unpaired) electrons. The molecule has 0 unspecified atom stereocenters. The first kappa shape index (κ1) is 15.1. The van der Waals surface area contributed by atoms with E-state index in [1.165, 1.54) is 0 Å². The topological polar surface area (TPSA) is 67.8 Å². The van der Waals surface area contributed by atoms with E-state index in [-0.39, 0.29) is 13.2 Å². The van der Waals surface area contributed by atoms with Crippen molar-refractivity contribution < 1.29 is 18.8 Å². The molecule has 0 aromatic heterocycles. The third kappa shape index (κ3) is 4.11. The lowest BCUT2D eigenvalue weighted by Crippen LogP contribution is -2.29. The van der Waals surface area contributed by atoms with Crippen LogP contribution in [0.1, 0.15) is 12.8 Å². The highest BCUT2D eigenvalue weighted by Gasteiger charge is 2.18. The van der Waals surface area contributed by atoms with Crippen LogP contribution < -0.4 is 14.8 Å². The molecule has 1 saturated heterocycles. The van der Waals surface area contributed by atoms with E-state index in [9.17, 15) is 4.21 Å². The zero-order valence-electron chi connectivity index (χ0n) is 11.6. The van der Waals surface area contributed by atoms with Crippen LogP contribution in [-0.4, -0.2) is 47.2 Å². The molecule has 112 valence electrons. The number of anilines is 1. The van der Waals surface area contributed by atoms with Crippen LogP contribution in [0.25, 0.3) is 0 Å². The van der Waals surface area contributed by atoms with Gasteiger partial charge in [0, 0.05) is 40.1 Å². The average Bonchev–Trinajstić information content (AvgIpc) is 2.47. The molecule has 2 N–H and O–H groups in total. The maximum Gasteiger partial charge on any atom is 0.163 e. The van der Waals surface area contributed by atoms with E-state index >= 15 is 0 Å². The van der Waals surface area contributed by atoms with E-state index in [0.717, 1.165) is 30.0 Å². The molecule has 1 aliphatic rings. The fraction of sp³-hybridized carbons (Fsp3) is 0.571. The number of rotatable bonds is 6. The SMILES string of the molecule is COc1ccc(NC2CCS(=O)CC2)cc1OCCO. The van der Waals surface area contributed by atoms with Crippen LogP contribution in [0.3, 0.4) is 0 Å². The lowest BCUT2D eigenvalue weighted by Gasteiger charge is -2.24. The molecular weight excluding hydrogens is 278 g/mol. The highest BCUT2D eigenvalue weighted by molar-refractivity contribution is 7.85. The number of ether oxygens (including phenoxy) is 2. The first-order valence-corrected chi connectivity index (χ1v) is 8.25. The normalized spacial score (nSPS) is 22.3. The summed E-state index contributed by atoms with van der Waals surface area (Å²) < 4.78 is 22.0. The predicted molar refractivity (Wildman–Crippen MR) is 80.1 cm³/mol. The zero-order valence-corrected chi connectivity index (χ0v) is 12.4. The Morgan fingerprint density at radius 2 is 2.10 bits per heavy atom. The minimum absolute atomic E-state index is 0.0325.